The number of rotatable bonds is 16. The van der Waals surface area contributed by atoms with Crippen LogP contribution in [0.1, 0.15) is 126 Å². The summed E-state index contributed by atoms with van der Waals surface area (Å²) in [5.41, 5.74) is 6.54. The van der Waals surface area contributed by atoms with Crippen LogP contribution in [0.5, 0.6) is 5.75 Å². The van der Waals surface area contributed by atoms with Gasteiger partial charge in [-0.25, -0.2) is 5.43 Å². The minimum absolute atomic E-state index is 0.121. The lowest BCUT2D eigenvalue weighted by Gasteiger charge is -2.61. The van der Waals surface area contributed by atoms with E-state index in [1.165, 1.54) is 88.2 Å². The van der Waals surface area contributed by atoms with Crippen molar-refractivity contribution in [3.63, 3.8) is 0 Å². The quantitative estimate of drug-likeness (QED) is 0.127. The van der Waals surface area contributed by atoms with E-state index in [-0.39, 0.29) is 16.7 Å². The van der Waals surface area contributed by atoms with Gasteiger partial charge in [0.2, 0.25) is 5.91 Å². The van der Waals surface area contributed by atoms with E-state index in [1.54, 1.807) is 6.21 Å². The highest BCUT2D eigenvalue weighted by Crippen LogP contribution is 2.65. The Kier molecular flexibility index (Phi) is 10.2. The van der Waals surface area contributed by atoms with Gasteiger partial charge in [0.1, 0.15) is 5.75 Å². The topological polar surface area (TPSA) is 50.7 Å². The molecule has 41 heavy (non-hydrogen) atoms. The van der Waals surface area contributed by atoms with Crippen molar-refractivity contribution < 1.29 is 9.53 Å². The number of hydrogen-bond donors (Lipinski definition) is 1. The smallest absolute Gasteiger partial charge is 0.246 e. The molecule has 0 aliphatic heterocycles. The molecule has 0 saturated heterocycles. The van der Waals surface area contributed by atoms with Crippen molar-refractivity contribution in [1.82, 2.24) is 5.43 Å². The highest BCUT2D eigenvalue weighted by molar-refractivity contribution is 5.86. The third kappa shape index (κ3) is 7.62. The zero-order valence-corrected chi connectivity index (χ0v) is 25.6. The second kappa shape index (κ2) is 14.0. The molecule has 2 unspecified atom stereocenters. The summed E-state index contributed by atoms with van der Waals surface area (Å²) in [5, 5.41) is 4.40. The predicted octanol–water partition coefficient (Wildman–Crippen LogP) is 9.28. The molecule has 2 aromatic carbocycles. The van der Waals surface area contributed by atoms with Crippen LogP contribution in [0.3, 0.4) is 0 Å². The normalized spacial score (nSPS) is 26.5. The van der Waals surface area contributed by atoms with Gasteiger partial charge >= 0.3 is 0 Å². The average molecular weight is 557 g/mol. The summed E-state index contributed by atoms with van der Waals surface area (Å²) in [6.07, 6.45) is 21.8. The Bertz CT molecular complexity index is 1120. The van der Waals surface area contributed by atoms with Gasteiger partial charge in [-0.15, -0.1) is 0 Å². The summed E-state index contributed by atoms with van der Waals surface area (Å²) < 4.78 is 5.95. The Labute approximate surface area is 248 Å². The summed E-state index contributed by atoms with van der Waals surface area (Å²) in [5.74, 6) is 2.33. The van der Waals surface area contributed by atoms with Crippen molar-refractivity contribution in [3.8, 4) is 5.75 Å². The number of aryl methyl sites for hydroxylation is 1. The number of nitrogens with zero attached hydrogens (tertiary/aromatic N) is 1. The molecule has 4 bridgehead atoms. The Morgan fingerprint density at radius 1 is 0.854 bits per heavy atom. The second-order valence-corrected chi connectivity index (χ2v) is 13.7. The lowest BCUT2D eigenvalue weighted by atomic mass is 9.42. The maximum Gasteiger partial charge on any atom is 0.246 e. The molecule has 222 valence electrons. The molecule has 0 aromatic heterocycles. The number of unbranched alkanes of at least 4 members (excludes halogenated alkanes) is 9. The molecule has 0 heterocycles. The van der Waals surface area contributed by atoms with Crippen LogP contribution < -0.4 is 10.2 Å². The van der Waals surface area contributed by atoms with E-state index in [0.717, 1.165) is 43.6 Å². The first kappa shape index (κ1) is 29.9. The van der Waals surface area contributed by atoms with Gasteiger partial charge in [0.25, 0.3) is 0 Å². The minimum Gasteiger partial charge on any atom is -0.494 e. The van der Waals surface area contributed by atoms with Gasteiger partial charge in [0.05, 0.1) is 18.2 Å². The molecule has 4 nitrogen and oxygen atoms in total. The molecular weight excluding hydrogens is 504 g/mol. The predicted molar refractivity (Wildman–Crippen MR) is 169 cm³/mol. The number of benzene rings is 2. The van der Waals surface area contributed by atoms with Crippen molar-refractivity contribution in [1.29, 1.82) is 0 Å². The molecular formula is C37H52N2O2. The van der Waals surface area contributed by atoms with E-state index in [9.17, 15) is 4.79 Å². The van der Waals surface area contributed by atoms with Crippen LogP contribution in [-0.2, 0) is 10.2 Å². The fourth-order valence-corrected chi connectivity index (χ4v) is 8.49. The molecule has 4 aliphatic rings. The van der Waals surface area contributed by atoms with Crippen LogP contribution >= 0.6 is 0 Å². The number of nitrogens with one attached hydrogen (secondary N) is 1. The molecule has 4 fully saturated rings. The molecule has 2 aromatic rings. The molecule has 1 N–H and O–H groups in total. The summed E-state index contributed by atoms with van der Waals surface area (Å²) in [7, 11) is 0. The van der Waals surface area contributed by atoms with Crippen LogP contribution in [0.15, 0.2) is 53.6 Å². The van der Waals surface area contributed by atoms with Crippen LogP contribution in [0.25, 0.3) is 0 Å². The van der Waals surface area contributed by atoms with Gasteiger partial charge in [-0.3, -0.25) is 4.79 Å². The van der Waals surface area contributed by atoms with E-state index < -0.39 is 0 Å². The van der Waals surface area contributed by atoms with Crippen LogP contribution in [0, 0.1) is 24.2 Å². The van der Waals surface area contributed by atoms with E-state index in [4.69, 9.17) is 4.74 Å². The monoisotopic (exact) mass is 556 g/mol. The van der Waals surface area contributed by atoms with E-state index >= 15 is 0 Å². The van der Waals surface area contributed by atoms with Gasteiger partial charge in [-0.2, -0.15) is 5.10 Å². The summed E-state index contributed by atoms with van der Waals surface area (Å²) >= 11 is 0. The first-order valence-electron chi connectivity index (χ1n) is 16.6. The van der Waals surface area contributed by atoms with Crippen molar-refractivity contribution in [3.05, 3.63) is 65.2 Å². The van der Waals surface area contributed by atoms with Gasteiger partial charge in [-0.1, -0.05) is 94.5 Å². The molecule has 1 amide bonds. The minimum atomic E-state index is -0.279. The van der Waals surface area contributed by atoms with Crippen molar-refractivity contribution in [2.75, 3.05) is 6.61 Å². The average Bonchev–Trinajstić information content (AvgIpc) is 2.96. The highest BCUT2D eigenvalue weighted by atomic mass is 16.5. The van der Waals surface area contributed by atoms with Gasteiger partial charge < -0.3 is 4.74 Å². The fourth-order valence-electron chi connectivity index (χ4n) is 8.49. The lowest BCUT2D eigenvalue weighted by molar-refractivity contribution is -0.149. The van der Waals surface area contributed by atoms with Gasteiger partial charge in [0, 0.05) is 0 Å². The maximum atomic E-state index is 13.6. The molecule has 4 heteroatoms. The summed E-state index contributed by atoms with van der Waals surface area (Å²) in [4.78, 5) is 13.6. The summed E-state index contributed by atoms with van der Waals surface area (Å²) in [6, 6.07) is 17.1. The van der Waals surface area contributed by atoms with Crippen LogP contribution in [-0.4, -0.2) is 18.7 Å². The first-order valence-corrected chi connectivity index (χ1v) is 16.6. The number of hydrogen-bond acceptors (Lipinski definition) is 3. The Hall–Kier alpha value is -2.62. The van der Waals surface area contributed by atoms with Crippen molar-refractivity contribution in [2.24, 2.45) is 22.4 Å². The third-order valence-corrected chi connectivity index (χ3v) is 10.2. The molecule has 6 rings (SSSR count). The molecule has 4 saturated carbocycles. The first-order chi connectivity index (χ1) is 20.0. The van der Waals surface area contributed by atoms with Crippen molar-refractivity contribution in [2.45, 2.75) is 122 Å². The highest BCUT2D eigenvalue weighted by Gasteiger charge is 2.60. The molecule has 4 atom stereocenters. The van der Waals surface area contributed by atoms with Gasteiger partial charge in [0.15, 0.2) is 0 Å². The molecule has 0 spiro atoms. The number of ether oxygens (including phenoxy) is 1. The zero-order valence-electron chi connectivity index (χ0n) is 25.6. The molecule has 0 radical (unpaired) electrons. The Balaban J connectivity index is 1.04. The second-order valence-electron chi connectivity index (χ2n) is 13.7. The Morgan fingerprint density at radius 3 is 2.10 bits per heavy atom. The van der Waals surface area contributed by atoms with Crippen molar-refractivity contribution >= 4 is 12.1 Å². The molecule has 4 aliphatic carbocycles. The van der Waals surface area contributed by atoms with Crippen LogP contribution in [0.2, 0.25) is 0 Å². The van der Waals surface area contributed by atoms with Crippen LogP contribution in [0.4, 0.5) is 0 Å². The number of hydrazone groups is 1. The zero-order chi connectivity index (χ0) is 28.5. The maximum absolute atomic E-state index is 13.6. The van der Waals surface area contributed by atoms with E-state index in [1.807, 2.05) is 24.3 Å². The van der Waals surface area contributed by atoms with E-state index in [2.05, 4.69) is 48.6 Å². The number of carbonyl (C=O) groups is 1. The van der Waals surface area contributed by atoms with Gasteiger partial charge in [-0.05, 0) is 105 Å². The summed E-state index contributed by atoms with van der Waals surface area (Å²) in [6.45, 7) is 5.20. The van der Waals surface area contributed by atoms with E-state index in [0.29, 0.717) is 11.8 Å². The lowest BCUT2D eigenvalue weighted by Crippen LogP contribution is -2.58. The Morgan fingerprint density at radius 2 is 1.46 bits per heavy atom. The number of carbonyl (C=O) groups excluding carboxylic acids is 1. The SMILES string of the molecule is CCCCCCCCCCCCOc1ccc(/C=N\NC(=O)C23C[C@H]4C[C@@H](C2)CC(c2ccc(C)cc2)(C4)C3)cc1. The third-order valence-electron chi connectivity index (χ3n) is 10.2. The largest absolute Gasteiger partial charge is 0.494 e. The standard InChI is InChI=1S/C37H52N2O2/c1-3-4-5-6-7-8-9-10-11-12-21-41-34-19-15-30(16-20-34)27-38-39-35(40)37-25-31-22-32(26-37)24-36(23-31,28-37)33-17-13-29(2)14-18-33/h13-20,27,31-32H,3-12,21-26,28H2,1-2H3,(H,39,40)/b38-27-/t31-,32+,36?,37?. The fraction of sp³-hybridized carbons (Fsp3) is 0.622. The number of amides is 1.